The highest BCUT2D eigenvalue weighted by atomic mass is 79.9. The number of rotatable bonds is 8. The maximum Gasteiger partial charge on any atom is 0.261 e. The Morgan fingerprint density at radius 3 is 2.21 bits per heavy atom. The zero-order valence-electron chi connectivity index (χ0n) is 19.8. The van der Waals surface area contributed by atoms with Crippen molar-refractivity contribution in [1.82, 2.24) is 10.2 Å². The summed E-state index contributed by atoms with van der Waals surface area (Å²) in [6, 6.07) is 10.1. The quantitative estimate of drug-likeness (QED) is 0.410. The Kier molecular flexibility index (Phi) is 9.65. The van der Waals surface area contributed by atoms with Crippen molar-refractivity contribution in [2.24, 2.45) is 0 Å². The molecule has 2 rings (SSSR count). The van der Waals surface area contributed by atoms with Crippen LogP contribution in [0.3, 0.4) is 0 Å². The Labute approximate surface area is 214 Å². The molecule has 0 aliphatic carbocycles. The van der Waals surface area contributed by atoms with E-state index in [2.05, 4.69) is 42.0 Å². The second kappa shape index (κ2) is 11.6. The highest BCUT2D eigenvalue weighted by Crippen LogP contribution is 2.32. The lowest BCUT2D eigenvalue weighted by Gasteiger charge is -2.30. The molecule has 0 fully saturated rings. The predicted molar refractivity (Wildman–Crippen MR) is 138 cm³/mol. The van der Waals surface area contributed by atoms with Gasteiger partial charge in [0.2, 0.25) is 5.91 Å². The fourth-order valence-corrected chi connectivity index (χ4v) is 4.16. The van der Waals surface area contributed by atoms with Gasteiger partial charge in [-0.2, -0.15) is 0 Å². The molecule has 0 radical (unpaired) electrons. The van der Waals surface area contributed by atoms with Crippen molar-refractivity contribution in [2.75, 3.05) is 6.61 Å². The van der Waals surface area contributed by atoms with Gasteiger partial charge in [-0.05, 0) is 71.9 Å². The van der Waals surface area contributed by atoms with Crippen LogP contribution in [0, 0.1) is 0 Å². The summed E-state index contributed by atoms with van der Waals surface area (Å²) in [4.78, 5) is 27.4. The van der Waals surface area contributed by atoms with E-state index in [0.717, 1.165) is 10.0 Å². The number of hydrogen-bond acceptors (Lipinski definition) is 3. The van der Waals surface area contributed by atoms with Crippen LogP contribution in [0.1, 0.15) is 52.7 Å². The Morgan fingerprint density at radius 1 is 1.09 bits per heavy atom. The van der Waals surface area contributed by atoms with E-state index >= 15 is 0 Å². The zero-order chi connectivity index (χ0) is 24.9. The van der Waals surface area contributed by atoms with Crippen LogP contribution in [0.2, 0.25) is 10.0 Å². The number of amides is 2. The first-order valence-electron chi connectivity index (χ1n) is 10.8. The number of carbonyl (C=O) groups excluding carboxylic acids is 2. The van der Waals surface area contributed by atoms with Gasteiger partial charge in [-0.1, -0.05) is 56.1 Å². The standard InChI is InChI=1S/C25H31BrCl2N2O3/c1-15(2)29-24(32)16(3)30(13-18-20(27)8-7-9-21(18)28)23(31)14-33-22-11-10-17(12-19(22)26)25(4,5)6/h7-12,15-16H,13-14H2,1-6H3,(H,29,32)/t16-/m1/s1. The molecule has 33 heavy (non-hydrogen) atoms. The van der Waals surface area contributed by atoms with Crippen LogP contribution < -0.4 is 10.1 Å². The highest BCUT2D eigenvalue weighted by Gasteiger charge is 2.28. The Balaban J connectivity index is 2.25. The zero-order valence-corrected chi connectivity index (χ0v) is 22.9. The van der Waals surface area contributed by atoms with Crippen molar-refractivity contribution in [1.29, 1.82) is 0 Å². The normalized spacial score (nSPS) is 12.4. The van der Waals surface area contributed by atoms with Gasteiger partial charge < -0.3 is 15.0 Å². The summed E-state index contributed by atoms with van der Waals surface area (Å²) < 4.78 is 6.58. The van der Waals surface area contributed by atoms with E-state index in [1.807, 2.05) is 32.0 Å². The van der Waals surface area contributed by atoms with E-state index in [-0.39, 0.29) is 36.4 Å². The Bertz CT molecular complexity index is 985. The van der Waals surface area contributed by atoms with Gasteiger partial charge >= 0.3 is 0 Å². The molecule has 0 saturated heterocycles. The van der Waals surface area contributed by atoms with Crippen LogP contribution in [-0.4, -0.2) is 35.4 Å². The molecule has 0 heterocycles. The van der Waals surface area contributed by atoms with Crippen LogP contribution in [-0.2, 0) is 21.5 Å². The van der Waals surface area contributed by atoms with Crippen molar-refractivity contribution in [3.8, 4) is 5.75 Å². The number of carbonyl (C=O) groups is 2. The summed E-state index contributed by atoms with van der Waals surface area (Å²) in [7, 11) is 0. The molecule has 0 bridgehead atoms. The van der Waals surface area contributed by atoms with Gasteiger partial charge in [0.1, 0.15) is 11.8 Å². The number of nitrogens with zero attached hydrogens (tertiary/aromatic N) is 1. The molecular weight excluding hydrogens is 527 g/mol. The van der Waals surface area contributed by atoms with Crippen molar-refractivity contribution in [3.63, 3.8) is 0 Å². The molecule has 2 amide bonds. The molecule has 2 aromatic carbocycles. The first-order valence-corrected chi connectivity index (χ1v) is 12.3. The number of hydrogen-bond donors (Lipinski definition) is 1. The molecule has 0 spiro atoms. The number of nitrogens with one attached hydrogen (secondary N) is 1. The van der Waals surface area contributed by atoms with Gasteiger partial charge in [-0.3, -0.25) is 9.59 Å². The van der Waals surface area contributed by atoms with Crippen molar-refractivity contribution in [2.45, 2.75) is 65.6 Å². The van der Waals surface area contributed by atoms with E-state index in [4.69, 9.17) is 27.9 Å². The lowest BCUT2D eigenvalue weighted by atomic mass is 9.87. The van der Waals surface area contributed by atoms with Crippen molar-refractivity contribution < 1.29 is 14.3 Å². The van der Waals surface area contributed by atoms with Gasteiger partial charge in [0.05, 0.1) is 4.47 Å². The summed E-state index contributed by atoms with van der Waals surface area (Å²) in [5, 5.41) is 3.71. The van der Waals surface area contributed by atoms with Crippen LogP contribution in [0.5, 0.6) is 5.75 Å². The highest BCUT2D eigenvalue weighted by molar-refractivity contribution is 9.10. The van der Waals surface area contributed by atoms with Crippen LogP contribution in [0.4, 0.5) is 0 Å². The molecule has 180 valence electrons. The van der Waals surface area contributed by atoms with Crippen LogP contribution >= 0.6 is 39.1 Å². The van der Waals surface area contributed by atoms with Gasteiger partial charge in [-0.15, -0.1) is 0 Å². The smallest absolute Gasteiger partial charge is 0.261 e. The Morgan fingerprint density at radius 2 is 1.70 bits per heavy atom. The molecule has 1 atom stereocenters. The van der Waals surface area contributed by atoms with Crippen LogP contribution in [0.15, 0.2) is 40.9 Å². The van der Waals surface area contributed by atoms with Crippen molar-refractivity contribution >= 4 is 50.9 Å². The van der Waals surface area contributed by atoms with E-state index < -0.39 is 6.04 Å². The average Bonchev–Trinajstić information content (AvgIpc) is 2.70. The molecule has 2 aromatic rings. The second-order valence-corrected chi connectivity index (χ2v) is 10.9. The van der Waals surface area contributed by atoms with Gasteiger partial charge in [0, 0.05) is 28.2 Å². The lowest BCUT2D eigenvalue weighted by Crippen LogP contribution is -2.50. The maximum atomic E-state index is 13.2. The lowest BCUT2D eigenvalue weighted by molar-refractivity contribution is -0.142. The third-order valence-electron chi connectivity index (χ3n) is 5.14. The molecule has 8 heteroatoms. The second-order valence-electron chi connectivity index (χ2n) is 9.24. The molecule has 0 saturated carbocycles. The predicted octanol–water partition coefficient (Wildman–Crippen LogP) is 6.37. The third-order valence-corrected chi connectivity index (χ3v) is 6.47. The molecular formula is C25H31BrCl2N2O3. The van der Waals surface area contributed by atoms with E-state index in [0.29, 0.717) is 21.4 Å². The fourth-order valence-electron chi connectivity index (χ4n) is 3.15. The molecule has 1 N–H and O–H groups in total. The molecule has 0 aliphatic rings. The van der Waals surface area contributed by atoms with Gasteiger partial charge in [0.15, 0.2) is 6.61 Å². The number of halogens is 3. The monoisotopic (exact) mass is 556 g/mol. The summed E-state index contributed by atoms with van der Waals surface area (Å²) in [5.74, 6) is -0.0761. The largest absolute Gasteiger partial charge is 0.483 e. The summed E-state index contributed by atoms with van der Waals surface area (Å²) in [6.07, 6.45) is 0. The topological polar surface area (TPSA) is 58.6 Å². The third kappa shape index (κ3) is 7.62. The maximum absolute atomic E-state index is 13.2. The summed E-state index contributed by atoms with van der Waals surface area (Å²) >= 11 is 16.2. The minimum Gasteiger partial charge on any atom is -0.483 e. The summed E-state index contributed by atoms with van der Waals surface area (Å²) in [5.41, 5.74) is 1.71. The first-order chi connectivity index (χ1) is 15.3. The van der Waals surface area contributed by atoms with Gasteiger partial charge in [-0.25, -0.2) is 0 Å². The van der Waals surface area contributed by atoms with E-state index in [9.17, 15) is 9.59 Å². The minimum absolute atomic E-state index is 0.0128. The number of benzene rings is 2. The van der Waals surface area contributed by atoms with E-state index in [1.54, 1.807) is 25.1 Å². The molecule has 0 unspecified atom stereocenters. The average molecular weight is 558 g/mol. The molecule has 5 nitrogen and oxygen atoms in total. The molecule has 0 aromatic heterocycles. The van der Waals surface area contributed by atoms with Crippen molar-refractivity contribution in [3.05, 3.63) is 62.0 Å². The first kappa shape index (κ1) is 27.5. The summed E-state index contributed by atoms with van der Waals surface area (Å²) in [6.45, 7) is 11.6. The Hall–Kier alpha value is -1.76. The molecule has 0 aliphatic heterocycles. The van der Waals surface area contributed by atoms with Gasteiger partial charge in [0.25, 0.3) is 5.91 Å². The number of ether oxygens (including phenoxy) is 1. The van der Waals surface area contributed by atoms with Crippen LogP contribution in [0.25, 0.3) is 0 Å². The minimum atomic E-state index is -0.748. The SMILES string of the molecule is CC(C)NC(=O)[C@@H](C)N(Cc1c(Cl)cccc1Cl)C(=O)COc1ccc(C(C)(C)C)cc1Br. The van der Waals surface area contributed by atoms with E-state index in [1.165, 1.54) is 4.90 Å². The fraction of sp³-hybridized carbons (Fsp3) is 0.440.